The molecule has 0 unspecified atom stereocenters. The van der Waals surface area contributed by atoms with E-state index in [1.54, 1.807) is 0 Å². The Kier molecular flexibility index (Phi) is 3.59. The predicted molar refractivity (Wildman–Crippen MR) is 53.9 cm³/mol. The van der Waals surface area contributed by atoms with E-state index in [1.165, 1.54) is 0 Å². The molecule has 1 aromatic rings. The topological polar surface area (TPSA) is 95.6 Å². The lowest BCUT2D eigenvalue weighted by molar-refractivity contribution is 0.235. The van der Waals surface area contributed by atoms with Gasteiger partial charge in [-0.25, -0.2) is 4.79 Å². The number of amides is 2. The molecule has 0 atom stereocenters. The molecule has 15 heavy (non-hydrogen) atoms. The van der Waals surface area contributed by atoms with Gasteiger partial charge in [0.25, 0.3) is 0 Å². The van der Waals surface area contributed by atoms with Crippen LogP contribution in [0.5, 0.6) is 0 Å². The van der Waals surface area contributed by atoms with Crippen LogP contribution in [0.25, 0.3) is 0 Å². The molecule has 0 saturated heterocycles. The Morgan fingerprint density at radius 3 is 2.67 bits per heavy atom. The first-order chi connectivity index (χ1) is 6.97. The number of hydrogen-bond donors (Lipinski definition) is 3. The lowest BCUT2D eigenvalue weighted by Crippen LogP contribution is -2.39. The van der Waals surface area contributed by atoms with E-state index >= 15 is 0 Å². The first kappa shape index (κ1) is 11.4. The molecule has 1 rings (SSSR count). The van der Waals surface area contributed by atoms with Crippen molar-refractivity contribution in [2.75, 3.05) is 6.54 Å². The van der Waals surface area contributed by atoms with Crippen molar-refractivity contribution in [1.82, 2.24) is 31.3 Å². The van der Waals surface area contributed by atoms with Gasteiger partial charge in [0.2, 0.25) is 0 Å². The summed E-state index contributed by atoms with van der Waals surface area (Å²) in [5, 5.41) is 18.5. The summed E-state index contributed by atoms with van der Waals surface area (Å²) in [6, 6.07) is -0.227. The highest BCUT2D eigenvalue weighted by Crippen LogP contribution is 2.09. The zero-order valence-electron chi connectivity index (χ0n) is 9.16. The number of nitrogens with one attached hydrogen (secondary N) is 3. The van der Waals surface area contributed by atoms with Gasteiger partial charge in [-0.15, -0.1) is 10.2 Å². The van der Waals surface area contributed by atoms with Crippen molar-refractivity contribution in [3.63, 3.8) is 0 Å². The average Bonchev–Trinajstić information content (AvgIpc) is 2.62. The second kappa shape index (κ2) is 4.72. The van der Waals surface area contributed by atoms with Crippen molar-refractivity contribution in [2.45, 2.75) is 27.3 Å². The highest BCUT2D eigenvalue weighted by molar-refractivity contribution is 5.73. The number of hydrogen-bond acceptors (Lipinski definition) is 4. The van der Waals surface area contributed by atoms with E-state index in [4.69, 9.17) is 0 Å². The largest absolute Gasteiger partial charge is 0.338 e. The van der Waals surface area contributed by atoms with E-state index in [1.807, 2.05) is 20.8 Å². The number of aromatic amines is 1. The SMILES string of the molecule is CC(C)(C)CNC(=O)NCc1nn[nH]n1. The molecule has 7 nitrogen and oxygen atoms in total. The molecular weight excluding hydrogens is 196 g/mol. The van der Waals surface area contributed by atoms with E-state index in [0.717, 1.165) is 0 Å². The van der Waals surface area contributed by atoms with Crippen LogP contribution in [0, 0.1) is 5.41 Å². The Labute approximate surface area is 88.0 Å². The number of aromatic nitrogens is 4. The van der Waals surface area contributed by atoms with E-state index < -0.39 is 0 Å². The lowest BCUT2D eigenvalue weighted by Gasteiger charge is -2.18. The van der Waals surface area contributed by atoms with Crippen molar-refractivity contribution in [2.24, 2.45) is 5.41 Å². The Balaban J connectivity index is 2.20. The molecule has 0 radical (unpaired) electrons. The van der Waals surface area contributed by atoms with Gasteiger partial charge in [-0.1, -0.05) is 26.0 Å². The molecule has 84 valence electrons. The third kappa shape index (κ3) is 4.94. The molecule has 3 N–H and O–H groups in total. The van der Waals surface area contributed by atoms with Crippen LogP contribution in [0.15, 0.2) is 0 Å². The number of urea groups is 1. The molecule has 0 saturated carbocycles. The highest BCUT2D eigenvalue weighted by Gasteiger charge is 2.11. The summed E-state index contributed by atoms with van der Waals surface area (Å²) in [6.45, 7) is 7.03. The number of nitrogens with zero attached hydrogens (tertiary/aromatic N) is 3. The molecule has 1 aromatic heterocycles. The van der Waals surface area contributed by atoms with Gasteiger partial charge in [0.05, 0.1) is 6.54 Å². The van der Waals surface area contributed by atoms with Gasteiger partial charge in [0, 0.05) is 6.54 Å². The van der Waals surface area contributed by atoms with E-state index in [2.05, 4.69) is 31.3 Å². The van der Waals surface area contributed by atoms with Crippen LogP contribution in [-0.2, 0) is 6.54 Å². The summed E-state index contributed by atoms with van der Waals surface area (Å²) in [7, 11) is 0. The Hall–Kier alpha value is -1.66. The van der Waals surface area contributed by atoms with Gasteiger partial charge in [-0.2, -0.15) is 5.21 Å². The molecule has 0 aliphatic carbocycles. The maximum Gasteiger partial charge on any atom is 0.315 e. The van der Waals surface area contributed by atoms with Gasteiger partial charge >= 0.3 is 6.03 Å². The first-order valence-corrected chi connectivity index (χ1v) is 4.71. The summed E-state index contributed by atoms with van der Waals surface area (Å²) in [6.07, 6.45) is 0. The molecule has 0 bridgehead atoms. The summed E-state index contributed by atoms with van der Waals surface area (Å²) in [4.78, 5) is 11.3. The molecule has 7 heteroatoms. The van der Waals surface area contributed by atoms with Crippen molar-refractivity contribution in [1.29, 1.82) is 0 Å². The maximum absolute atomic E-state index is 11.3. The van der Waals surface area contributed by atoms with E-state index in [9.17, 15) is 4.79 Å². The van der Waals surface area contributed by atoms with E-state index in [-0.39, 0.29) is 18.0 Å². The van der Waals surface area contributed by atoms with Crippen LogP contribution in [-0.4, -0.2) is 33.2 Å². The minimum atomic E-state index is -0.227. The van der Waals surface area contributed by atoms with Crippen molar-refractivity contribution < 1.29 is 4.79 Å². The van der Waals surface area contributed by atoms with Crippen molar-refractivity contribution in [3.05, 3.63) is 5.82 Å². The normalized spacial score (nSPS) is 11.1. The number of carbonyl (C=O) groups excluding carboxylic acids is 1. The first-order valence-electron chi connectivity index (χ1n) is 4.71. The molecule has 0 aliphatic heterocycles. The molecule has 0 aliphatic rings. The van der Waals surface area contributed by atoms with Gasteiger partial charge in [-0.05, 0) is 5.41 Å². The molecule has 0 spiro atoms. The molecule has 1 heterocycles. The summed E-state index contributed by atoms with van der Waals surface area (Å²) < 4.78 is 0. The number of rotatable bonds is 3. The van der Waals surface area contributed by atoms with Crippen LogP contribution >= 0.6 is 0 Å². The average molecular weight is 212 g/mol. The fraction of sp³-hybridized carbons (Fsp3) is 0.750. The Bertz CT molecular complexity index is 301. The summed E-state index contributed by atoms with van der Waals surface area (Å²) in [5.41, 5.74) is 0.0729. The van der Waals surface area contributed by atoms with Crippen LogP contribution in [0.2, 0.25) is 0 Å². The zero-order valence-corrected chi connectivity index (χ0v) is 9.16. The van der Waals surface area contributed by atoms with Gasteiger partial charge in [0.15, 0.2) is 5.82 Å². The number of H-pyrrole nitrogens is 1. The molecule has 0 fully saturated rings. The standard InChI is InChI=1S/C8H16N6O/c1-8(2,3)5-10-7(15)9-4-6-11-13-14-12-6/h4-5H2,1-3H3,(H2,9,10,15)(H,11,12,13,14). The second-order valence-electron chi connectivity index (χ2n) is 4.42. The zero-order chi connectivity index (χ0) is 11.3. The molecule has 2 amide bonds. The highest BCUT2D eigenvalue weighted by atomic mass is 16.2. The monoisotopic (exact) mass is 212 g/mol. The maximum atomic E-state index is 11.3. The Morgan fingerprint density at radius 2 is 2.13 bits per heavy atom. The van der Waals surface area contributed by atoms with Crippen LogP contribution in [0.1, 0.15) is 26.6 Å². The van der Waals surface area contributed by atoms with Crippen LogP contribution < -0.4 is 10.6 Å². The van der Waals surface area contributed by atoms with Gasteiger partial charge in [-0.3, -0.25) is 0 Å². The number of tetrazole rings is 1. The molecule has 0 aromatic carbocycles. The minimum Gasteiger partial charge on any atom is -0.338 e. The molecular formula is C8H16N6O. The van der Waals surface area contributed by atoms with E-state index in [0.29, 0.717) is 12.4 Å². The van der Waals surface area contributed by atoms with Crippen LogP contribution in [0.4, 0.5) is 4.79 Å². The van der Waals surface area contributed by atoms with Crippen LogP contribution in [0.3, 0.4) is 0 Å². The quantitative estimate of drug-likeness (QED) is 0.659. The smallest absolute Gasteiger partial charge is 0.315 e. The fourth-order valence-corrected chi connectivity index (χ4v) is 0.825. The second-order valence-corrected chi connectivity index (χ2v) is 4.42. The van der Waals surface area contributed by atoms with Gasteiger partial charge in [0.1, 0.15) is 0 Å². The third-order valence-electron chi connectivity index (χ3n) is 1.58. The predicted octanol–water partition coefficient (Wildman–Crippen LogP) is 0.0450. The minimum absolute atomic E-state index is 0.0729. The fourth-order valence-electron chi connectivity index (χ4n) is 0.825. The van der Waals surface area contributed by atoms with Crippen molar-refractivity contribution >= 4 is 6.03 Å². The summed E-state index contributed by atoms with van der Waals surface area (Å²) in [5.74, 6) is 0.459. The lowest BCUT2D eigenvalue weighted by atomic mass is 9.97. The van der Waals surface area contributed by atoms with Crippen molar-refractivity contribution in [3.8, 4) is 0 Å². The Morgan fingerprint density at radius 1 is 1.40 bits per heavy atom. The van der Waals surface area contributed by atoms with Gasteiger partial charge < -0.3 is 10.6 Å². The number of carbonyl (C=O) groups is 1. The summed E-state index contributed by atoms with van der Waals surface area (Å²) >= 11 is 0. The third-order valence-corrected chi connectivity index (χ3v) is 1.58.